The van der Waals surface area contributed by atoms with Crippen LogP contribution in [0.25, 0.3) is 11.1 Å². The van der Waals surface area contributed by atoms with Gasteiger partial charge in [0.2, 0.25) is 0 Å². The van der Waals surface area contributed by atoms with Crippen molar-refractivity contribution in [1.29, 1.82) is 0 Å². The molecule has 62 valence electrons. The van der Waals surface area contributed by atoms with Gasteiger partial charge < -0.3 is 2.85 Å². The third-order valence-electron chi connectivity index (χ3n) is 1.88. The average Bonchev–Trinajstić information content (AvgIpc) is 2.21. The van der Waals surface area contributed by atoms with Gasteiger partial charge >= 0.3 is 59.1 Å². The van der Waals surface area contributed by atoms with Crippen molar-refractivity contribution >= 4 is 0 Å². The third kappa shape index (κ3) is 3.90. The van der Waals surface area contributed by atoms with Gasteiger partial charge in [0, 0.05) is 0 Å². The molecule has 0 amide bonds. The Bertz CT molecular complexity index is 314. The predicted molar refractivity (Wildman–Crippen MR) is 54.1 cm³/mol. The van der Waals surface area contributed by atoms with E-state index in [0.717, 1.165) is 0 Å². The van der Waals surface area contributed by atoms with Crippen molar-refractivity contribution in [2.24, 2.45) is 0 Å². The van der Waals surface area contributed by atoms with Crippen LogP contribution in [0.5, 0.6) is 0 Å². The summed E-state index contributed by atoms with van der Waals surface area (Å²) in [4.78, 5) is 0. The zero-order valence-corrected chi connectivity index (χ0v) is 12.8. The fraction of sp³-hybridized carbons (Fsp3) is 0. The van der Waals surface area contributed by atoms with E-state index < -0.39 is 0 Å². The molecule has 0 aliphatic carbocycles. The minimum Gasteiger partial charge on any atom is -1.00 e. The number of rotatable bonds is 1. The fourth-order valence-corrected chi connectivity index (χ4v) is 1.26. The van der Waals surface area contributed by atoms with Crippen LogP contribution in [0, 0.1) is 0 Å². The van der Waals surface area contributed by atoms with Gasteiger partial charge in [-0.05, 0) is 11.1 Å². The second-order valence-electron chi connectivity index (χ2n) is 2.73. The van der Waals surface area contributed by atoms with Crippen molar-refractivity contribution in [3.05, 3.63) is 60.7 Å². The molecule has 0 nitrogen and oxygen atoms in total. The van der Waals surface area contributed by atoms with Crippen molar-refractivity contribution in [3.63, 3.8) is 0 Å². The molecule has 0 N–H and O–H groups in total. The van der Waals surface area contributed by atoms with Crippen LogP contribution in [0.2, 0.25) is 0 Å². The van der Waals surface area contributed by atoms with Gasteiger partial charge in [-0.1, -0.05) is 60.7 Å². The predicted octanol–water partition coefficient (Wildman–Crippen LogP) is -2.41. The summed E-state index contributed by atoms with van der Waals surface area (Å²) in [6.45, 7) is 0. The van der Waals surface area contributed by atoms with Gasteiger partial charge in [-0.25, -0.2) is 0 Å². The molecule has 0 saturated carbocycles. The van der Waals surface area contributed by atoms with Crippen molar-refractivity contribution in [3.8, 4) is 11.1 Å². The summed E-state index contributed by atoms with van der Waals surface area (Å²) in [7, 11) is 0. The normalized spacial score (nSPS) is 8.29. The first-order chi connectivity index (χ1) is 5.97. The van der Waals surface area contributed by atoms with Crippen molar-refractivity contribution < 1.29 is 62.0 Å². The molecule has 0 bridgehead atoms. The van der Waals surface area contributed by atoms with E-state index in [0.29, 0.717) is 0 Å². The molecule has 0 heterocycles. The molecule has 0 fully saturated rings. The smallest absolute Gasteiger partial charge is 1.00 e. The van der Waals surface area contributed by atoms with E-state index in [1.165, 1.54) is 11.1 Å². The molecule has 0 atom stereocenters. The van der Waals surface area contributed by atoms with Gasteiger partial charge in [0.15, 0.2) is 0 Å². The Morgan fingerprint density at radius 3 is 1.07 bits per heavy atom. The molecule has 2 aromatic carbocycles. The summed E-state index contributed by atoms with van der Waals surface area (Å²) in [6, 6.07) is 20.8. The largest absolute Gasteiger partial charge is 1.00 e. The SMILES string of the molecule is [H-].[H-].[Na+].[Na+].c1ccc(-c2ccccc2)cc1. The monoisotopic (exact) mass is 202 g/mol. The minimum atomic E-state index is 0. The molecule has 0 unspecified atom stereocenters. The maximum atomic E-state index is 2.12. The number of hydrogen-bond acceptors (Lipinski definition) is 0. The van der Waals surface area contributed by atoms with Crippen LogP contribution in [0.15, 0.2) is 60.7 Å². The zero-order valence-electron chi connectivity index (χ0n) is 10.8. The number of hydrogen-bond donors (Lipinski definition) is 0. The van der Waals surface area contributed by atoms with E-state index in [9.17, 15) is 0 Å². The zero-order chi connectivity index (χ0) is 8.23. The summed E-state index contributed by atoms with van der Waals surface area (Å²) in [5, 5.41) is 0. The molecule has 0 aliphatic heterocycles. The van der Waals surface area contributed by atoms with Gasteiger partial charge in [0.05, 0.1) is 0 Å². The molecule has 14 heavy (non-hydrogen) atoms. The van der Waals surface area contributed by atoms with E-state index in [-0.39, 0.29) is 62.0 Å². The van der Waals surface area contributed by atoms with E-state index >= 15 is 0 Å². The molecule has 0 aromatic heterocycles. The summed E-state index contributed by atoms with van der Waals surface area (Å²) in [5.41, 5.74) is 2.55. The Balaban J connectivity index is -0.000000422. The van der Waals surface area contributed by atoms with Crippen LogP contribution >= 0.6 is 0 Å². The first kappa shape index (κ1) is 14.4. The second-order valence-corrected chi connectivity index (χ2v) is 2.73. The summed E-state index contributed by atoms with van der Waals surface area (Å²) < 4.78 is 0. The molecule has 2 aromatic rings. The molecular weight excluding hydrogens is 190 g/mol. The molecule has 0 radical (unpaired) electrons. The van der Waals surface area contributed by atoms with Gasteiger partial charge in [-0.2, -0.15) is 0 Å². The van der Waals surface area contributed by atoms with Crippen LogP contribution in [0.3, 0.4) is 0 Å². The maximum Gasteiger partial charge on any atom is 1.00 e. The van der Waals surface area contributed by atoms with Crippen LogP contribution in [0.1, 0.15) is 2.85 Å². The van der Waals surface area contributed by atoms with E-state index in [2.05, 4.69) is 48.5 Å². The molecular formula is C12H12Na2. The quantitative estimate of drug-likeness (QED) is 0.452. The topological polar surface area (TPSA) is 0 Å². The molecule has 2 rings (SSSR count). The summed E-state index contributed by atoms with van der Waals surface area (Å²) >= 11 is 0. The molecule has 2 heteroatoms. The Labute approximate surface area is 132 Å². The molecule has 0 saturated heterocycles. The second kappa shape index (κ2) is 7.70. The van der Waals surface area contributed by atoms with E-state index in [1.54, 1.807) is 0 Å². The fourth-order valence-electron chi connectivity index (χ4n) is 1.26. The number of benzene rings is 2. The van der Waals surface area contributed by atoms with Crippen LogP contribution in [0.4, 0.5) is 0 Å². The van der Waals surface area contributed by atoms with Crippen LogP contribution in [-0.2, 0) is 0 Å². The van der Waals surface area contributed by atoms with Gasteiger partial charge in [-0.15, -0.1) is 0 Å². The van der Waals surface area contributed by atoms with Gasteiger partial charge in [-0.3, -0.25) is 0 Å². The Kier molecular flexibility index (Phi) is 7.94. The van der Waals surface area contributed by atoms with Crippen LogP contribution in [-0.4, -0.2) is 0 Å². The van der Waals surface area contributed by atoms with Crippen LogP contribution < -0.4 is 59.1 Å². The standard InChI is InChI=1S/C12H10.2Na.2H/c1-3-7-11(8-4-1)12-9-5-2-6-10-12;;;;/h1-10H;;;;/q;2*+1;2*-1. The first-order valence-corrected chi connectivity index (χ1v) is 4.07. The Morgan fingerprint density at radius 2 is 0.786 bits per heavy atom. The summed E-state index contributed by atoms with van der Waals surface area (Å²) in [5.74, 6) is 0. The Morgan fingerprint density at radius 1 is 0.500 bits per heavy atom. The van der Waals surface area contributed by atoms with Gasteiger partial charge in [0.25, 0.3) is 0 Å². The van der Waals surface area contributed by atoms with Gasteiger partial charge in [0.1, 0.15) is 0 Å². The Hall–Kier alpha value is 0.440. The third-order valence-corrected chi connectivity index (χ3v) is 1.88. The van der Waals surface area contributed by atoms with Crippen molar-refractivity contribution in [2.45, 2.75) is 0 Å². The van der Waals surface area contributed by atoms with E-state index in [1.807, 2.05) is 12.1 Å². The molecule has 0 aliphatic rings. The van der Waals surface area contributed by atoms with Crippen molar-refractivity contribution in [1.82, 2.24) is 0 Å². The van der Waals surface area contributed by atoms with Crippen molar-refractivity contribution in [2.75, 3.05) is 0 Å². The molecule has 0 spiro atoms. The maximum absolute atomic E-state index is 2.12. The minimum absolute atomic E-state index is 0. The summed E-state index contributed by atoms with van der Waals surface area (Å²) in [6.07, 6.45) is 0. The first-order valence-electron chi connectivity index (χ1n) is 4.07. The van der Waals surface area contributed by atoms with E-state index in [4.69, 9.17) is 0 Å². The average molecular weight is 202 g/mol.